The number of methoxy groups -OCH3 is 1. The number of aromatic nitrogens is 5. The van der Waals surface area contributed by atoms with Gasteiger partial charge in [-0.1, -0.05) is 24.3 Å². The summed E-state index contributed by atoms with van der Waals surface area (Å²) in [5.41, 5.74) is 9.71. The van der Waals surface area contributed by atoms with Crippen molar-refractivity contribution in [2.75, 3.05) is 18.2 Å². The summed E-state index contributed by atoms with van der Waals surface area (Å²) >= 11 is 0. The normalized spacial score (nSPS) is 10.8. The minimum absolute atomic E-state index is 0.186. The molecule has 0 saturated heterocycles. The Hall–Kier alpha value is -5.57. The Labute approximate surface area is 224 Å². The van der Waals surface area contributed by atoms with Crippen molar-refractivity contribution in [1.29, 1.82) is 0 Å². The third kappa shape index (κ3) is 5.01. The van der Waals surface area contributed by atoms with Crippen molar-refractivity contribution in [3.05, 3.63) is 103 Å². The fourth-order valence-corrected chi connectivity index (χ4v) is 4.20. The van der Waals surface area contributed by atoms with Gasteiger partial charge in [-0.3, -0.25) is 0 Å². The van der Waals surface area contributed by atoms with E-state index in [9.17, 15) is 0 Å². The molecule has 3 aromatic carbocycles. The molecular formula is C30H23N7O2. The lowest BCUT2D eigenvalue weighted by Gasteiger charge is -2.13. The van der Waals surface area contributed by atoms with Gasteiger partial charge in [-0.15, -0.1) is 10.2 Å². The first-order chi connectivity index (χ1) is 19.2. The van der Waals surface area contributed by atoms with Crippen LogP contribution in [-0.2, 0) is 0 Å². The lowest BCUT2D eigenvalue weighted by molar-refractivity contribution is 0.415. The molecule has 0 aliphatic heterocycles. The van der Waals surface area contributed by atoms with Crippen LogP contribution in [0.25, 0.3) is 33.3 Å². The van der Waals surface area contributed by atoms with Crippen LogP contribution in [0.2, 0.25) is 0 Å². The summed E-state index contributed by atoms with van der Waals surface area (Å²) in [4.78, 5) is 12.6. The lowest BCUT2D eigenvalue weighted by atomic mass is 10.0. The Morgan fingerprint density at radius 1 is 0.718 bits per heavy atom. The van der Waals surface area contributed by atoms with E-state index < -0.39 is 0 Å². The molecule has 190 valence electrons. The number of rotatable bonds is 7. The van der Waals surface area contributed by atoms with Gasteiger partial charge in [-0.25, -0.2) is 15.0 Å². The first-order valence-electron chi connectivity index (χ1n) is 12.2. The highest BCUT2D eigenvalue weighted by Crippen LogP contribution is 2.33. The van der Waals surface area contributed by atoms with E-state index >= 15 is 0 Å². The second kappa shape index (κ2) is 10.4. The number of pyridine rings is 1. The van der Waals surface area contributed by atoms with Gasteiger partial charge >= 0.3 is 0 Å². The molecule has 0 saturated carbocycles. The molecule has 0 radical (unpaired) electrons. The monoisotopic (exact) mass is 513 g/mol. The zero-order valence-corrected chi connectivity index (χ0v) is 20.9. The summed E-state index contributed by atoms with van der Waals surface area (Å²) in [6, 6.07) is 28.8. The van der Waals surface area contributed by atoms with E-state index in [2.05, 4.69) is 30.5 Å². The lowest BCUT2D eigenvalue weighted by Crippen LogP contribution is -1.99. The zero-order chi connectivity index (χ0) is 26.6. The topological polar surface area (TPSA) is 121 Å². The standard InChI is InChI=1S/C30H23N7O2/c1-38-21-12-8-19(9-13-21)27-23-5-2-3-6-24(23)28(37-36-27)34-20-10-14-22(15-11-20)39-29-25(7-4-17-32-29)26-16-18-33-30(31)35-26/h2-18H,1H3,(H,34,37)(H2,31,33,35). The molecule has 6 aromatic rings. The van der Waals surface area contributed by atoms with E-state index in [1.54, 1.807) is 25.6 Å². The van der Waals surface area contributed by atoms with E-state index in [0.717, 1.165) is 33.5 Å². The summed E-state index contributed by atoms with van der Waals surface area (Å²) in [6.45, 7) is 0. The van der Waals surface area contributed by atoms with Crippen LogP contribution in [-0.4, -0.2) is 32.3 Å². The molecule has 3 N–H and O–H groups in total. The highest BCUT2D eigenvalue weighted by Gasteiger charge is 2.13. The average molecular weight is 514 g/mol. The number of nitrogens with zero attached hydrogens (tertiary/aromatic N) is 5. The van der Waals surface area contributed by atoms with Gasteiger partial charge in [0.2, 0.25) is 11.8 Å². The number of hydrogen-bond donors (Lipinski definition) is 2. The number of benzene rings is 3. The maximum atomic E-state index is 6.08. The van der Waals surface area contributed by atoms with Crippen LogP contribution in [0, 0.1) is 0 Å². The van der Waals surface area contributed by atoms with Crippen LogP contribution in [0.1, 0.15) is 0 Å². The Morgan fingerprint density at radius 2 is 1.49 bits per heavy atom. The first kappa shape index (κ1) is 23.8. The smallest absolute Gasteiger partial charge is 0.228 e. The number of nitrogens with two attached hydrogens (primary N) is 1. The molecule has 0 unspecified atom stereocenters. The van der Waals surface area contributed by atoms with Gasteiger partial charge < -0.3 is 20.5 Å². The van der Waals surface area contributed by atoms with Gasteiger partial charge in [0.15, 0.2) is 5.82 Å². The van der Waals surface area contributed by atoms with Crippen molar-refractivity contribution >= 4 is 28.2 Å². The number of hydrogen-bond acceptors (Lipinski definition) is 9. The highest BCUT2D eigenvalue weighted by atomic mass is 16.5. The Kier molecular flexibility index (Phi) is 6.36. The Balaban J connectivity index is 1.25. The van der Waals surface area contributed by atoms with Gasteiger partial charge in [0.05, 0.1) is 18.4 Å². The van der Waals surface area contributed by atoms with Gasteiger partial charge in [-0.2, -0.15) is 0 Å². The minimum Gasteiger partial charge on any atom is -0.497 e. The van der Waals surface area contributed by atoms with Crippen molar-refractivity contribution in [3.63, 3.8) is 0 Å². The summed E-state index contributed by atoms with van der Waals surface area (Å²) in [5.74, 6) is 2.67. The van der Waals surface area contributed by atoms with Crippen LogP contribution in [0.5, 0.6) is 17.4 Å². The largest absolute Gasteiger partial charge is 0.497 e. The molecule has 3 heterocycles. The fraction of sp³-hybridized carbons (Fsp3) is 0.0333. The quantitative estimate of drug-likeness (QED) is 0.254. The van der Waals surface area contributed by atoms with Gasteiger partial charge in [0, 0.05) is 34.4 Å². The Bertz CT molecular complexity index is 1760. The second-order valence-corrected chi connectivity index (χ2v) is 8.58. The molecule has 0 bridgehead atoms. The van der Waals surface area contributed by atoms with Gasteiger partial charge in [-0.05, 0) is 66.7 Å². The van der Waals surface area contributed by atoms with Gasteiger partial charge in [0.25, 0.3) is 0 Å². The summed E-state index contributed by atoms with van der Waals surface area (Å²) < 4.78 is 11.4. The zero-order valence-electron chi connectivity index (χ0n) is 20.9. The van der Waals surface area contributed by atoms with Gasteiger partial charge in [0.1, 0.15) is 17.2 Å². The second-order valence-electron chi connectivity index (χ2n) is 8.58. The number of nitrogens with one attached hydrogen (secondary N) is 1. The molecule has 6 rings (SSSR count). The maximum Gasteiger partial charge on any atom is 0.228 e. The SMILES string of the molecule is COc1ccc(-c2nnc(Nc3ccc(Oc4ncccc4-c4ccnc(N)n4)cc3)c3ccccc23)cc1. The van der Waals surface area contributed by atoms with E-state index in [-0.39, 0.29) is 5.95 Å². The molecule has 0 aliphatic carbocycles. The molecule has 0 spiro atoms. The highest BCUT2D eigenvalue weighted by molar-refractivity contribution is 6.00. The molecule has 9 nitrogen and oxygen atoms in total. The Morgan fingerprint density at radius 3 is 2.26 bits per heavy atom. The van der Waals surface area contributed by atoms with Crippen LogP contribution in [0.4, 0.5) is 17.5 Å². The molecule has 0 amide bonds. The third-order valence-electron chi connectivity index (χ3n) is 6.10. The summed E-state index contributed by atoms with van der Waals surface area (Å²) in [6.07, 6.45) is 3.27. The van der Waals surface area contributed by atoms with Crippen LogP contribution in [0.3, 0.4) is 0 Å². The number of fused-ring (bicyclic) bond motifs is 1. The number of anilines is 3. The van der Waals surface area contributed by atoms with E-state index in [1.807, 2.05) is 84.9 Å². The van der Waals surface area contributed by atoms with Crippen LogP contribution in [0.15, 0.2) is 103 Å². The summed E-state index contributed by atoms with van der Waals surface area (Å²) in [7, 11) is 1.65. The van der Waals surface area contributed by atoms with Crippen molar-refractivity contribution in [2.45, 2.75) is 0 Å². The van der Waals surface area contributed by atoms with Crippen molar-refractivity contribution < 1.29 is 9.47 Å². The third-order valence-corrected chi connectivity index (χ3v) is 6.10. The molecule has 0 aliphatic rings. The predicted molar refractivity (Wildman–Crippen MR) is 151 cm³/mol. The fourth-order valence-electron chi connectivity index (χ4n) is 4.20. The minimum atomic E-state index is 0.186. The van der Waals surface area contributed by atoms with E-state index in [0.29, 0.717) is 28.7 Å². The van der Waals surface area contributed by atoms with Crippen molar-refractivity contribution in [3.8, 4) is 39.9 Å². The summed E-state index contributed by atoms with van der Waals surface area (Å²) in [5, 5.41) is 14.4. The van der Waals surface area contributed by atoms with Crippen molar-refractivity contribution in [2.24, 2.45) is 0 Å². The van der Waals surface area contributed by atoms with Crippen molar-refractivity contribution in [1.82, 2.24) is 25.1 Å². The maximum absolute atomic E-state index is 6.08. The number of ether oxygens (including phenoxy) is 2. The number of nitrogen functional groups attached to an aromatic ring is 1. The van der Waals surface area contributed by atoms with E-state index in [1.165, 1.54) is 0 Å². The van der Waals surface area contributed by atoms with Crippen LogP contribution < -0.4 is 20.5 Å². The molecule has 9 heteroatoms. The molecule has 0 fully saturated rings. The average Bonchev–Trinajstić information content (AvgIpc) is 2.99. The van der Waals surface area contributed by atoms with E-state index in [4.69, 9.17) is 15.2 Å². The predicted octanol–water partition coefficient (Wildman–Crippen LogP) is 6.28. The van der Waals surface area contributed by atoms with Crippen LogP contribution >= 0.6 is 0 Å². The molecular weight excluding hydrogens is 490 g/mol. The first-order valence-corrected chi connectivity index (χ1v) is 12.2. The molecule has 3 aromatic heterocycles. The molecule has 39 heavy (non-hydrogen) atoms. The molecule has 0 atom stereocenters.